The van der Waals surface area contributed by atoms with Gasteiger partial charge in [-0.3, -0.25) is 4.98 Å². The van der Waals surface area contributed by atoms with Gasteiger partial charge in [0.2, 0.25) is 0 Å². The van der Waals surface area contributed by atoms with Crippen molar-refractivity contribution in [1.82, 2.24) is 4.98 Å². The van der Waals surface area contributed by atoms with Crippen molar-refractivity contribution in [2.75, 3.05) is 0 Å². The van der Waals surface area contributed by atoms with Gasteiger partial charge in [-0.1, -0.05) is 38.0 Å². The normalized spacial score (nSPS) is 25.4. The van der Waals surface area contributed by atoms with Crippen LogP contribution in [0.25, 0.3) is 10.9 Å². The number of nitrogens with zero attached hydrogens (tertiary/aromatic N) is 1. The molecule has 19 heavy (non-hydrogen) atoms. The van der Waals surface area contributed by atoms with E-state index >= 15 is 0 Å². The molecule has 1 unspecified atom stereocenters. The van der Waals surface area contributed by atoms with Gasteiger partial charge in [0.1, 0.15) is 0 Å². The van der Waals surface area contributed by atoms with Crippen molar-refractivity contribution in [3.05, 3.63) is 42.1 Å². The highest BCUT2D eigenvalue weighted by Crippen LogP contribution is 2.38. The SMILES string of the molecule is CC1CCC(C(O)c2cccc3ncccc23)CC1. The van der Waals surface area contributed by atoms with Crippen LogP contribution in [-0.4, -0.2) is 10.1 Å². The van der Waals surface area contributed by atoms with Gasteiger partial charge < -0.3 is 5.11 Å². The molecule has 2 aromatic rings. The maximum absolute atomic E-state index is 10.7. The average Bonchev–Trinajstić information content (AvgIpc) is 2.47. The molecule has 1 aromatic carbocycles. The Hall–Kier alpha value is -1.41. The summed E-state index contributed by atoms with van der Waals surface area (Å²) in [6, 6.07) is 10.1. The molecule has 1 atom stereocenters. The van der Waals surface area contributed by atoms with Crippen LogP contribution in [-0.2, 0) is 0 Å². The van der Waals surface area contributed by atoms with Crippen LogP contribution in [0.2, 0.25) is 0 Å². The number of aliphatic hydroxyl groups is 1. The molecule has 2 heteroatoms. The molecule has 0 bridgehead atoms. The number of hydrogen-bond donors (Lipinski definition) is 1. The number of rotatable bonds is 2. The third-order valence-corrected chi connectivity index (χ3v) is 4.51. The Morgan fingerprint density at radius 2 is 1.89 bits per heavy atom. The predicted molar refractivity (Wildman–Crippen MR) is 77.8 cm³/mol. The van der Waals surface area contributed by atoms with E-state index < -0.39 is 0 Å². The first-order valence-electron chi connectivity index (χ1n) is 7.27. The van der Waals surface area contributed by atoms with Gasteiger partial charge in [0, 0.05) is 11.6 Å². The van der Waals surface area contributed by atoms with Crippen LogP contribution < -0.4 is 0 Å². The highest BCUT2D eigenvalue weighted by Gasteiger charge is 2.26. The van der Waals surface area contributed by atoms with Gasteiger partial charge in [-0.05, 0) is 42.4 Å². The van der Waals surface area contributed by atoms with Crippen LogP contribution in [0, 0.1) is 11.8 Å². The summed E-state index contributed by atoms with van der Waals surface area (Å²) in [5.41, 5.74) is 2.02. The molecular weight excluding hydrogens is 234 g/mol. The van der Waals surface area contributed by atoms with E-state index in [-0.39, 0.29) is 6.10 Å². The van der Waals surface area contributed by atoms with Crippen molar-refractivity contribution in [1.29, 1.82) is 0 Å². The van der Waals surface area contributed by atoms with E-state index in [1.165, 1.54) is 12.8 Å². The van der Waals surface area contributed by atoms with Gasteiger partial charge >= 0.3 is 0 Å². The summed E-state index contributed by atoms with van der Waals surface area (Å²) in [4.78, 5) is 4.37. The summed E-state index contributed by atoms with van der Waals surface area (Å²) in [5, 5.41) is 11.8. The van der Waals surface area contributed by atoms with E-state index in [0.29, 0.717) is 5.92 Å². The Kier molecular flexibility index (Phi) is 3.52. The third kappa shape index (κ3) is 2.50. The third-order valence-electron chi connectivity index (χ3n) is 4.51. The van der Waals surface area contributed by atoms with E-state index in [1.807, 2.05) is 24.3 Å². The molecule has 0 radical (unpaired) electrons. The summed E-state index contributed by atoms with van der Waals surface area (Å²) in [5.74, 6) is 1.22. The quantitative estimate of drug-likeness (QED) is 0.876. The fourth-order valence-electron chi connectivity index (χ4n) is 3.24. The fraction of sp³-hybridized carbons (Fsp3) is 0.471. The average molecular weight is 255 g/mol. The molecule has 0 saturated heterocycles. The number of aromatic nitrogens is 1. The van der Waals surface area contributed by atoms with Gasteiger partial charge in [0.25, 0.3) is 0 Å². The largest absolute Gasteiger partial charge is 0.388 e. The van der Waals surface area contributed by atoms with E-state index in [4.69, 9.17) is 0 Å². The molecule has 1 aromatic heterocycles. The molecule has 3 rings (SSSR count). The first-order valence-corrected chi connectivity index (χ1v) is 7.27. The monoisotopic (exact) mass is 255 g/mol. The topological polar surface area (TPSA) is 33.1 Å². The molecule has 1 aliphatic carbocycles. The number of fused-ring (bicyclic) bond motifs is 1. The van der Waals surface area contributed by atoms with Crippen molar-refractivity contribution in [2.45, 2.75) is 38.7 Å². The molecule has 2 nitrogen and oxygen atoms in total. The van der Waals surface area contributed by atoms with E-state index in [2.05, 4.69) is 18.0 Å². The molecule has 1 fully saturated rings. The second-order valence-electron chi connectivity index (χ2n) is 5.88. The summed E-state index contributed by atoms with van der Waals surface area (Å²) in [7, 11) is 0. The molecule has 1 heterocycles. The van der Waals surface area contributed by atoms with E-state index in [0.717, 1.165) is 35.2 Å². The standard InChI is InChI=1S/C17H21NO/c1-12-7-9-13(10-8-12)17(19)15-4-2-6-16-14(15)5-3-11-18-16/h2-6,11-13,17,19H,7-10H2,1H3. The lowest BCUT2D eigenvalue weighted by atomic mass is 9.78. The first kappa shape index (κ1) is 12.6. The smallest absolute Gasteiger partial charge is 0.0824 e. The Labute approximate surface area is 114 Å². The Balaban J connectivity index is 1.91. The maximum atomic E-state index is 10.7. The van der Waals surface area contributed by atoms with Gasteiger partial charge in [0.05, 0.1) is 11.6 Å². The number of pyridine rings is 1. The van der Waals surface area contributed by atoms with Crippen molar-refractivity contribution < 1.29 is 5.11 Å². The molecular formula is C17H21NO. The molecule has 0 amide bonds. The van der Waals surface area contributed by atoms with E-state index in [9.17, 15) is 5.11 Å². The molecule has 0 aliphatic heterocycles. The van der Waals surface area contributed by atoms with Crippen LogP contribution >= 0.6 is 0 Å². The number of benzene rings is 1. The molecule has 1 saturated carbocycles. The highest BCUT2D eigenvalue weighted by atomic mass is 16.3. The van der Waals surface area contributed by atoms with Crippen LogP contribution in [0.3, 0.4) is 0 Å². The van der Waals surface area contributed by atoms with Gasteiger partial charge in [0.15, 0.2) is 0 Å². The Morgan fingerprint density at radius 1 is 1.11 bits per heavy atom. The predicted octanol–water partition coefficient (Wildman–Crippen LogP) is 4.09. The van der Waals surface area contributed by atoms with Crippen LogP contribution in [0.5, 0.6) is 0 Å². The minimum atomic E-state index is -0.347. The second-order valence-corrected chi connectivity index (χ2v) is 5.88. The molecule has 1 aliphatic rings. The van der Waals surface area contributed by atoms with Crippen LogP contribution in [0.1, 0.15) is 44.3 Å². The van der Waals surface area contributed by atoms with Crippen LogP contribution in [0.4, 0.5) is 0 Å². The summed E-state index contributed by atoms with van der Waals surface area (Å²) >= 11 is 0. The van der Waals surface area contributed by atoms with Gasteiger partial charge in [-0.2, -0.15) is 0 Å². The molecule has 1 N–H and O–H groups in total. The minimum Gasteiger partial charge on any atom is -0.388 e. The molecule has 100 valence electrons. The summed E-state index contributed by atoms with van der Waals surface area (Å²) in [6.07, 6.45) is 6.22. The number of aliphatic hydroxyl groups excluding tert-OH is 1. The Morgan fingerprint density at radius 3 is 2.68 bits per heavy atom. The zero-order valence-corrected chi connectivity index (χ0v) is 11.4. The Bertz CT molecular complexity index is 553. The lowest BCUT2D eigenvalue weighted by Gasteiger charge is -2.30. The van der Waals surface area contributed by atoms with Crippen molar-refractivity contribution in [2.24, 2.45) is 11.8 Å². The van der Waals surface area contributed by atoms with Crippen molar-refractivity contribution >= 4 is 10.9 Å². The maximum Gasteiger partial charge on any atom is 0.0824 e. The van der Waals surface area contributed by atoms with E-state index in [1.54, 1.807) is 6.20 Å². The second kappa shape index (κ2) is 5.30. The van der Waals surface area contributed by atoms with Gasteiger partial charge in [-0.15, -0.1) is 0 Å². The lowest BCUT2D eigenvalue weighted by molar-refractivity contribution is 0.0767. The van der Waals surface area contributed by atoms with Crippen LogP contribution in [0.15, 0.2) is 36.5 Å². The zero-order valence-electron chi connectivity index (χ0n) is 11.4. The summed E-state index contributed by atoms with van der Waals surface area (Å²) < 4.78 is 0. The zero-order chi connectivity index (χ0) is 13.2. The fourth-order valence-corrected chi connectivity index (χ4v) is 3.24. The van der Waals surface area contributed by atoms with Crippen molar-refractivity contribution in [3.8, 4) is 0 Å². The van der Waals surface area contributed by atoms with Crippen molar-refractivity contribution in [3.63, 3.8) is 0 Å². The number of hydrogen-bond acceptors (Lipinski definition) is 2. The minimum absolute atomic E-state index is 0.347. The first-order chi connectivity index (χ1) is 9.25. The van der Waals surface area contributed by atoms with Gasteiger partial charge in [-0.25, -0.2) is 0 Å². The summed E-state index contributed by atoms with van der Waals surface area (Å²) in [6.45, 7) is 2.31. The molecule has 0 spiro atoms. The lowest BCUT2D eigenvalue weighted by Crippen LogP contribution is -2.19. The highest BCUT2D eigenvalue weighted by molar-refractivity contribution is 5.82.